The number of aromatic carboxylic acids is 1. The lowest BCUT2D eigenvalue weighted by Crippen LogP contribution is -2.15. The van der Waals surface area contributed by atoms with Gasteiger partial charge in [0.1, 0.15) is 0 Å². The van der Waals surface area contributed by atoms with E-state index >= 15 is 0 Å². The predicted molar refractivity (Wildman–Crippen MR) is 99.0 cm³/mol. The number of nitrogens with zero attached hydrogens (tertiary/aromatic N) is 2. The molecule has 2 aromatic carbocycles. The number of hydrogen-bond acceptors (Lipinski definition) is 3. The Morgan fingerprint density at radius 2 is 1.92 bits per heavy atom. The second-order valence-corrected chi connectivity index (χ2v) is 6.45. The van der Waals surface area contributed by atoms with Crippen LogP contribution in [0.15, 0.2) is 60.9 Å². The molecule has 5 nitrogen and oxygen atoms in total. The number of benzene rings is 2. The fourth-order valence-corrected chi connectivity index (χ4v) is 3.49. The van der Waals surface area contributed by atoms with Gasteiger partial charge in [-0.05, 0) is 18.9 Å². The Balaban J connectivity index is 1.87. The molecule has 2 heterocycles. The predicted octanol–water partition coefficient (Wildman–Crippen LogP) is 4.09. The van der Waals surface area contributed by atoms with Crippen molar-refractivity contribution in [2.75, 3.05) is 6.61 Å². The molecule has 5 heteroatoms. The first kappa shape index (κ1) is 16.5. The molecule has 0 aliphatic carbocycles. The van der Waals surface area contributed by atoms with Crippen molar-refractivity contribution in [2.45, 2.75) is 25.5 Å². The number of carboxylic acids is 1. The molecular formula is C21H20N2O3. The van der Waals surface area contributed by atoms with Crippen molar-refractivity contribution in [1.82, 2.24) is 9.55 Å². The smallest absolute Gasteiger partial charge is 0.336 e. The van der Waals surface area contributed by atoms with Crippen LogP contribution in [0.25, 0.3) is 22.5 Å². The summed E-state index contributed by atoms with van der Waals surface area (Å²) in [7, 11) is 0. The maximum Gasteiger partial charge on any atom is 0.336 e. The van der Waals surface area contributed by atoms with Crippen molar-refractivity contribution in [3.05, 3.63) is 66.5 Å². The molecule has 1 atom stereocenters. The molecule has 0 unspecified atom stereocenters. The van der Waals surface area contributed by atoms with Crippen molar-refractivity contribution < 1.29 is 14.6 Å². The van der Waals surface area contributed by atoms with Gasteiger partial charge in [0.05, 0.1) is 35.9 Å². The van der Waals surface area contributed by atoms with Crippen LogP contribution in [0.4, 0.5) is 0 Å². The molecule has 1 N–H and O–H groups in total. The Hall–Kier alpha value is -2.92. The Labute approximate surface area is 151 Å². The van der Waals surface area contributed by atoms with Gasteiger partial charge < -0.3 is 14.4 Å². The summed E-state index contributed by atoms with van der Waals surface area (Å²) >= 11 is 0. The highest BCUT2D eigenvalue weighted by Gasteiger charge is 2.23. The van der Waals surface area contributed by atoms with Gasteiger partial charge in [-0.15, -0.1) is 0 Å². The topological polar surface area (TPSA) is 64.3 Å². The van der Waals surface area contributed by atoms with E-state index in [0.29, 0.717) is 12.1 Å². The van der Waals surface area contributed by atoms with Gasteiger partial charge in [0.15, 0.2) is 0 Å². The van der Waals surface area contributed by atoms with Crippen LogP contribution in [-0.2, 0) is 11.3 Å². The molecule has 26 heavy (non-hydrogen) atoms. The van der Waals surface area contributed by atoms with Gasteiger partial charge in [-0.25, -0.2) is 9.78 Å². The largest absolute Gasteiger partial charge is 0.478 e. The quantitative estimate of drug-likeness (QED) is 0.754. The standard InChI is InChI=1S/C21H20N2O3/c24-21(25)18-11-5-4-10-17(18)20-19(15-7-2-1-3-8-15)22-14-23(20)13-16-9-6-12-26-16/h1-5,7-8,10-11,14,16H,6,9,12-13H2,(H,24,25)/t16-/m1/s1. The summed E-state index contributed by atoms with van der Waals surface area (Å²) in [6.45, 7) is 1.45. The van der Waals surface area contributed by atoms with Gasteiger partial charge >= 0.3 is 5.97 Å². The Bertz CT molecular complexity index is 912. The fourth-order valence-electron chi connectivity index (χ4n) is 3.49. The van der Waals surface area contributed by atoms with Crippen LogP contribution in [-0.4, -0.2) is 33.3 Å². The monoisotopic (exact) mass is 348 g/mol. The Kier molecular flexibility index (Phi) is 4.54. The Morgan fingerprint density at radius 3 is 2.65 bits per heavy atom. The number of ether oxygens (including phenoxy) is 1. The molecule has 1 aliphatic rings. The molecular weight excluding hydrogens is 328 g/mol. The van der Waals surface area contributed by atoms with Gasteiger partial charge in [0.2, 0.25) is 0 Å². The minimum atomic E-state index is -0.940. The van der Waals surface area contributed by atoms with Gasteiger partial charge in [-0.2, -0.15) is 0 Å². The summed E-state index contributed by atoms with van der Waals surface area (Å²) in [5.74, 6) is -0.940. The van der Waals surface area contributed by atoms with E-state index in [-0.39, 0.29) is 11.7 Å². The van der Waals surface area contributed by atoms with Gasteiger partial charge in [0, 0.05) is 17.7 Å². The molecule has 3 aromatic rings. The molecule has 0 bridgehead atoms. The van der Waals surface area contributed by atoms with Crippen molar-refractivity contribution in [3.8, 4) is 22.5 Å². The molecule has 132 valence electrons. The third-order valence-electron chi connectivity index (χ3n) is 4.72. The van der Waals surface area contributed by atoms with Crippen LogP contribution >= 0.6 is 0 Å². The number of imidazole rings is 1. The molecule has 1 aromatic heterocycles. The van der Waals surface area contributed by atoms with E-state index in [9.17, 15) is 9.90 Å². The molecule has 0 saturated carbocycles. The molecule has 0 radical (unpaired) electrons. The second-order valence-electron chi connectivity index (χ2n) is 6.45. The minimum absolute atomic E-state index is 0.142. The highest BCUT2D eigenvalue weighted by molar-refractivity contribution is 5.97. The summed E-state index contributed by atoms with van der Waals surface area (Å²) in [6.07, 6.45) is 4.01. The maximum absolute atomic E-state index is 11.8. The third kappa shape index (κ3) is 3.13. The molecule has 1 saturated heterocycles. The normalized spacial score (nSPS) is 16.7. The van der Waals surface area contributed by atoms with Gasteiger partial charge in [-0.1, -0.05) is 48.5 Å². The van der Waals surface area contributed by atoms with Gasteiger partial charge in [0.25, 0.3) is 0 Å². The fraction of sp³-hybridized carbons (Fsp3) is 0.238. The lowest BCUT2D eigenvalue weighted by Gasteiger charge is -2.16. The van der Waals surface area contributed by atoms with Crippen molar-refractivity contribution >= 4 is 5.97 Å². The summed E-state index contributed by atoms with van der Waals surface area (Å²) in [4.78, 5) is 16.4. The van der Waals surface area contributed by atoms with Crippen LogP contribution < -0.4 is 0 Å². The van der Waals surface area contributed by atoms with E-state index in [2.05, 4.69) is 4.98 Å². The lowest BCUT2D eigenvalue weighted by atomic mass is 10.00. The van der Waals surface area contributed by atoms with Crippen LogP contribution in [0.1, 0.15) is 23.2 Å². The van der Waals surface area contributed by atoms with Crippen molar-refractivity contribution in [1.29, 1.82) is 0 Å². The van der Waals surface area contributed by atoms with Crippen molar-refractivity contribution in [3.63, 3.8) is 0 Å². The number of aromatic nitrogens is 2. The number of carbonyl (C=O) groups is 1. The van der Waals surface area contributed by atoms with Crippen molar-refractivity contribution in [2.24, 2.45) is 0 Å². The molecule has 0 amide bonds. The summed E-state index contributed by atoms with van der Waals surface area (Å²) in [5, 5.41) is 9.65. The average molecular weight is 348 g/mol. The molecule has 0 spiro atoms. The Morgan fingerprint density at radius 1 is 1.15 bits per heavy atom. The highest BCUT2D eigenvalue weighted by atomic mass is 16.5. The lowest BCUT2D eigenvalue weighted by molar-refractivity contribution is 0.0697. The van der Waals surface area contributed by atoms with E-state index in [1.807, 2.05) is 47.0 Å². The van der Waals surface area contributed by atoms with Crippen LogP contribution in [0.5, 0.6) is 0 Å². The average Bonchev–Trinajstić information content (AvgIpc) is 3.33. The van der Waals surface area contributed by atoms with Crippen LogP contribution in [0.3, 0.4) is 0 Å². The maximum atomic E-state index is 11.8. The summed E-state index contributed by atoms with van der Waals surface area (Å²) in [5.41, 5.74) is 3.53. The zero-order valence-corrected chi connectivity index (χ0v) is 14.3. The SMILES string of the molecule is O=C(O)c1ccccc1-c1c(-c2ccccc2)ncn1C[C@H]1CCCO1. The number of carboxylic acid groups (broad SMARTS) is 1. The summed E-state index contributed by atoms with van der Waals surface area (Å²) < 4.78 is 7.80. The second kappa shape index (κ2) is 7.14. The molecule has 4 rings (SSSR count). The van der Waals surface area contributed by atoms with Crippen LogP contribution in [0, 0.1) is 0 Å². The third-order valence-corrected chi connectivity index (χ3v) is 4.72. The van der Waals surface area contributed by atoms with Crippen LogP contribution in [0.2, 0.25) is 0 Å². The number of rotatable bonds is 5. The van der Waals surface area contributed by atoms with Gasteiger partial charge in [-0.3, -0.25) is 0 Å². The van der Waals surface area contributed by atoms with E-state index < -0.39 is 5.97 Å². The first-order chi connectivity index (χ1) is 12.7. The highest BCUT2D eigenvalue weighted by Crippen LogP contribution is 2.34. The minimum Gasteiger partial charge on any atom is -0.478 e. The summed E-state index contributed by atoms with van der Waals surface area (Å²) in [6, 6.07) is 16.9. The first-order valence-electron chi connectivity index (χ1n) is 8.79. The number of hydrogen-bond donors (Lipinski definition) is 1. The zero-order valence-electron chi connectivity index (χ0n) is 14.3. The van der Waals surface area contributed by atoms with E-state index in [1.54, 1.807) is 18.5 Å². The van der Waals surface area contributed by atoms with E-state index in [1.165, 1.54) is 0 Å². The molecule has 1 aliphatic heterocycles. The van der Waals surface area contributed by atoms with E-state index in [4.69, 9.17) is 4.74 Å². The molecule has 1 fully saturated rings. The van der Waals surface area contributed by atoms with E-state index in [0.717, 1.165) is 36.4 Å². The first-order valence-corrected chi connectivity index (χ1v) is 8.79. The zero-order chi connectivity index (χ0) is 17.9.